The number of carbonyl (C=O) groups is 1. The molecule has 0 radical (unpaired) electrons. The van der Waals surface area contributed by atoms with Crippen LogP contribution in [0.15, 0.2) is 47.4 Å². The van der Waals surface area contributed by atoms with Gasteiger partial charge >= 0.3 is 0 Å². The largest absolute Gasteiger partial charge is 0.399 e. The van der Waals surface area contributed by atoms with E-state index in [0.717, 1.165) is 21.8 Å². The first-order valence-electron chi connectivity index (χ1n) is 6.40. The monoisotopic (exact) mass is 286 g/mol. The number of rotatable bonds is 4. The molecular weight excluding hydrogens is 268 g/mol. The van der Waals surface area contributed by atoms with Gasteiger partial charge in [-0.1, -0.05) is 23.8 Å². The molecule has 0 atom stereocenters. The van der Waals surface area contributed by atoms with Gasteiger partial charge in [0.05, 0.1) is 5.75 Å². The van der Waals surface area contributed by atoms with Crippen LogP contribution in [0.1, 0.15) is 11.1 Å². The molecule has 0 saturated carbocycles. The third kappa shape index (κ3) is 4.03. The van der Waals surface area contributed by atoms with Gasteiger partial charge in [-0.05, 0) is 43.7 Å². The van der Waals surface area contributed by atoms with Crippen molar-refractivity contribution in [2.75, 3.05) is 16.8 Å². The Hall–Kier alpha value is -1.94. The SMILES string of the molecule is Cc1ccc(NC(=O)CSc2cc(N)ccc2C)cc1. The molecule has 0 aliphatic heterocycles. The fourth-order valence-corrected chi connectivity index (χ4v) is 2.62. The van der Waals surface area contributed by atoms with Crippen LogP contribution >= 0.6 is 11.8 Å². The average molecular weight is 286 g/mol. The van der Waals surface area contributed by atoms with Gasteiger partial charge in [-0.3, -0.25) is 4.79 Å². The Morgan fingerprint density at radius 1 is 1.15 bits per heavy atom. The first-order valence-corrected chi connectivity index (χ1v) is 7.38. The van der Waals surface area contributed by atoms with E-state index in [1.807, 2.05) is 56.3 Å². The highest BCUT2D eigenvalue weighted by Crippen LogP contribution is 2.24. The number of benzene rings is 2. The van der Waals surface area contributed by atoms with Crippen molar-refractivity contribution in [1.82, 2.24) is 0 Å². The molecule has 0 aliphatic rings. The van der Waals surface area contributed by atoms with Gasteiger partial charge in [0.15, 0.2) is 0 Å². The van der Waals surface area contributed by atoms with Gasteiger partial charge in [0, 0.05) is 16.3 Å². The maximum Gasteiger partial charge on any atom is 0.234 e. The van der Waals surface area contributed by atoms with Crippen molar-refractivity contribution in [2.24, 2.45) is 0 Å². The third-order valence-corrected chi connectivity index (χ3v) is 4.06. The summed E-state index contributed by atoms with van der Waals surface area (Å²) in [5.74, 6) is 0.360. The number of thioether (sulfide) groups is 1. The molecular formula is C16H18N2OS. The highest BCUT2D eigenvalue weighted by Gasteiger charge is 2.06. The molecule has 20 heavy (non-hydrogen) atoms. The maximum atomic E-state index is 11.9. The number of nitrogens with one attached hydrogen (secondary N) is 1. The second kappa shape index (κ2) is 6.48. The van der Waals surface area contributed by atoms with E-state index in [4.69, 9.17) is 5.73 Å². The number of nitrogen functional groups attached to an aromatic ring is 1. The molecule has 4 heteroatoms. The fourth-order valence-electron chi connectivity index (χ4n) is 1.75. The predicted molar refractivity (Wildman–Crippen MR) is 86.1 cm³/mol. The summed E-state index contributed by atoms with van der Waals surface area (Å²) in [5, 5.41) is 2.88. The number of amides is 1. The molecule has 2 aromatic rings. The van der Waals surface area contributed by atoms with Crippen molar-refractivity contribution in [2.45, 2.75) is 18.7 Å². The second-order valence-electron chi connectivity index (χ2n) is 4.73. The van der Waals surface area contributed by atoms with E-state index in [1.54, 1.807) is 0 Å². The Kier molecular flexibility index (Phi) is 4.69. The highest BCUT2D eigenvalue weighted by molar-refractivity contribution is 8.00. The molecule has 0 bridgehead atoms. The van der Waals surface area contributed by atoms with Crippen molar-refractivity contribution in [3.63, 3.8) is 0 Å². The third-order valence-electron chi connectivity index (χ3n) is 2.91. The first kappa shape index (κ1) is 14.5. The molecule has 0 heterocycles. The molecule has 0 spiro atoms. The molecule has 0 aliphatic carbocycles. The van der Waals surface area contributed by atoms with E-state index in [9.17, 15) is 4.79 Å². The molecule has 0 unspecified atom stereocenters. The lowest BCUT2D eigenvalue weighted by Gasteiger charge is -2.08. The summed E-state index contributed by atoms with van der Waals surface area (Å²) in [4.78, 5) is 12.9. The number of anilines is 2. The summed E-state index contributed by atoms with van der Waals surface area (Å²) < 4.78 is 0. The highest BCUT2D eigenvalue weighted by atomic mass is 32.2. The topological polar surface area (TPSA) is 55.1 Å². The molecule has 1 amide bonds. The van der Waals surface area contributed by atoms with Crippen LogP contribution in [0.2, 0.25) is 0 Å². The second-order valence-corrected chi connectivity index (χ2v) is 5.74. The molecule has 2 aromatic carbocycles. The zero-order valence-electron chi connectivity index (χ0n) is 11.6. The van der Waals surface area contributed by atoms with Gasteiger partial charge < -0.3 is 11.1 Å². The molecule has 104 valence electrons. The van der Waals surface area contributed by atoms with Gasteiger partial charge in [-0.2, -0.15) is 0 Å². The quantitative estimate of drug-likeness (QED) is 0.667. The van der Waals surface area contributed by atoms with Crippen molar-refractivity contribution in [3.05, 3.63) is 53.6 Å². The molecule has 3 N–H and O–H groups in total. The number of hydrogen-bond acceptors (Lipinski definition) is 3. The van der Waals surface area contributed by atoms with Crippen LogP contribution in [-0.2, 0) is 4.79 Å². The van der Waals surface area contributed by atoms with E-state index >= 15 is 0 Å². The van der Waals surface area contributed by atoms with Gasteiger partial charge in [-0.25, -0.2) is 0 Å². The first-order chi connectivity index (χ1) is 9.54. The van der Waals surface area contributed by atoms with E-state index in [2.05, 4.69) is 5.32 Å². The zero-order valence-corrected chi connectivity index (χ0v) is 12.5. The Labute approximate surface area is 123 Å². The number of carbonyl (C=O) groups excluding carboxylic acids is 1. The van der Waals surface area contributed by atoms with Crippen LogP contribution in [-0.4, -0.2) is 11.7 Å². The summed E-state index contributed by atoms with van der Waals surface area (Å²) in [6.07, 6.45) is 0. The lowest BCUT2D eigenvalue weighted by molar-refractivity contribution is -0.113. The van der Waals surface area contributed by atoms with Crippen LogP contribution in [0.4, 0.5) is 11.4 Å². The van der Waals surface area contributed by atoms with Crippen LogP contribution in [0, 0.1) is 13.8 Å². The smallest absolute Gasteiger partial charge is 0.234 e. The lowest BCUT2D eigenvalue weighted by atomic mass is 10.2. The Morgan fingerprint density at radius 2 is 1.85 bits per heavy atom. The summed E-state index contributed by atoms with van der Waals surface area (Å²) >= 11 is 1.50. The molecule has 2 rings (SSSR count). The minimum absolute atomic E-state index is 0.0133. The number of aryl methyl sites for hydroxylation is 2. The Bertz CT molecular complexity index is 608. The summed E-state index contributed by atoms with van der Waals surface area (Å²) in [7, 11) is 0. The molecule has 0 aromatic heterocycles. The summed E-state index contributed by atoms with van der Waals surface area (Å²) in [5.41, 5.74) is 9.61. The minimum Gasteiger partial charge on any atom is -0.399 e. The maximum absolute atomic E-state index is 11.9. The zero-order chi connectivity index (χ0) is 14.5. The number of hydrogen-bond donors (Lipinski definition) is 2. The lowest BCUT2D eigenvalue weighted by Crippen LogP contribution is -2.14. The van der Waals surface area contributed by atoms with Crippen molar-refractivity contribution < 1.29 is 4.79 Å². The average Bonchev–Trinajstić information content (AvgIpc) is 2.42. The Morgan fingerprint density at radius 3 is 2.55 bits per heavy atom. The normalized spacial score (nSPS) is 10.3. The predicted octanol–water partition coefficient (Wildman–Crippen LogP) is 3.62. The van der Waals surface area contributed by atoms with Gasteiger partial charge in [-0.15, -0.1) is 11.8 Å². The van der Waals surface area contributed by atoms with Crippen LogP contribution in [0.25, 0.3) is 0 Å². The van der Waals surface area contributed by atoms with Crippen LogP contribution in [0.3, 0.4) is 0 Å². The molecule has 0 fully saturated rings. The van der Waals surface area contributed by atoms with Crippen molar-refractivity contribution in [1.29, 1.82) is 0 Å². The fraction of sp³-hybridized carbons (Fsp3) is 0.188. The standard InChI is InChI=1S/C16H18N2OS/c1-11-3-7-14(8-4-11)18-16(19)10-20-15-9-13(17)6-5-12(15)2/h3-9H,10,17H2,1-2H3,(H,18,19). The minimum atomic E-state index is -0.0133. The van der Waals surface area contributed by atoms with Gasteiger partial charge in [0.2, 0.25) is 5.91 Å². The van der Waals surface area contributed by atoms with Crippen molar-refractivity contribution >= 4 is 29.0 Å². The van der Waals surface area contributed by atoms with E-state index in [-0.39, 0.29) is 5.91 Å². The van der Waals surface area contributed by atoms with Gasteiger partial charge in [0.1, 0.15) is 0 Å². The number of nitrogens with two attached hydrogens (primary N) is 1. The van der Waals surface area contributed by atoms with E-state index in [1.165, 1.54) is 17.3 Å². The van der Waals surface area contributed by atoms with Gasteiger partial charge in [0.25, 0.3) is 0 Å². The van der Waals surface area contributed by atoms with E-state index < -0.39 is 0 Å². The summed E-state index contributed by atoms with van der Waals surface area (Å²) in [6.45, 7) is 4.03. The van der Waals surface area contributed by atoms with Crippen LogP contribution < -0.4 is 11.1 Å². The summed E-state index contributed by atoms with van der Waals surface area (Å²) in [6, 6.07) is 13.5. The van der Waals surface area contributed by atoms with Crippen molar-refractivity contribution in [3.8, 4) is 0 Å². The molecule has 0 saturated heterocycles. The van der Waals surface area contributed by atoms with E-state index in [0.29, 0.717) is 5.75 Å². The Balaban J connectivity index is 1.92. The van der Waals surface area contributed by atoms with Crippen LogP contribution in [0.5, 0.6) is 0 Å². The molecule has 3 nitrogen and oxygen atoms in total.